The van der Waals surface area contributed by atoms with Crippen molar-refractivity contribution < 1.29 is 9.13 Å². The van der Waals surface area contributed by atoms with E-state index >= 15 is 0 Å². The van der Waals surface area contributed by atoms with Crippen LogP contribution >= 0.6 is 11.6 Å². The van der Waals surface area contributed by atoms with Gasteiger partial charge in [-0.3, -0.25) is 0 Å². The van der Waals surface area contributed by atoms with Gasteiger partial charge in [0.2, 0.25) is 0 Å². The van der Waals surface area contributed by atoms with E-state index in [1.165, 1.54) is 6.07 Å². The summed E-state index contributed by atoms with van der Waals surface area (Å²) in [7, 11) is 0. The Kier molecular flexibility index (Phi) is 3.15. The van der Waals surface area contributed by atoms with E-state index in [2.05, 4.69) is 0 Å². The summed E-state index contributed by atoms with van der Waals surface area (Å²) in [6, 6.07) is 2.88. The van der Waals surface area contributed by atoms with Gasteiger partial charge in [-0.2, -0.15) is 0 Å². The number of rotatable bonds is 2. The zero-order chi connectivity index (χ0) is 10.0. The molecule has 0 atom stereocenters. The molecule has 72 valence electrons. The van der Waals surface area contributed by atoms with Gasteiger partial charge in [0.25, 0.3) is 0 Å². The maximum atomic E-state index is 13.0. The van der Waals surface area contributed by atoms with Gasteiger partial charge < -0.3 is 4.74 Å². The fourth-order valence-corrected chi connectivity index (χ4v) is 1.23. The maximum absolute atomic E-state index is 13.0. The fraction of sp³-hybridized carbons (Fsp3) is 0.400. The van der Waals surface area contributed by atoms with E-state index in [9.17, 15) is 4.39 Å². The highest BCUT2D eigenvalue weighted by Gasteiger charge is 2.07. The van der Waals surface area contributed by atoms with E-state index in [4.69, 9.17) is 16.3 Å². The molecule has 0 fully saturated rings. The molecule has 0 aliphatic rings. The lowest BCUT2D eigenvalue weighted by Crippen LogP contribution is -2.06. The molecule has 13 heavy (non-hydrogen) atoms. The van der Waals surface area contributed by atoms with Crippen LogP contribution in [0.25, 0.3) is 0 Å². The van der Waals surface area contributed by atoms with E-state index in [1.54, 1.807) is 6.07 Å². The molecule has 0 aromatic heterocycles. The molecule has 0 N–H and O–H groups in total. The molecule has 1 rings (SSSR count). The van der Waals surface area contributed by atoms with E-state index in [0.29, 0.717) is 5.75 Å². The normalized spacial score (nSPS) is 10.6. The van der Waals surface area contributed by atoms with Crippen molar-refractivity contribution in [3.63, 3.8) is 0 Å². The van der Waals surface area contributed by atoms with Gasteiger partial charge in [-0.05, 0) is 32.4 Å². The van der Waals surface area contributed by atoms with Crippen LogP contribution in [-0.2, 0) is 0 Å². The second-order valence-corrected chi connectivity index (χ2v) is 3.61. The van der Waals surface area contributed by atoms with Gasteiger partial charge in [-0.25, -0.2) is 4.39 Å². The number of hydrogen-bond acceptors (Lipinski definition) is 1. The summed E-state index contributed by atoms with van der Waals surface area (Å²) in [6.07, 6.45) is 0.0410. The lowest BCUT2D eigenvalue weighted by atomic mass is 10.2. The molecular weight excluding hydrogens is 191 g/mol. The molecule has 0 saturated carbocycles. The molecule has 0 heterocycles. The number of benzene rings is 1. The highest BCUT2D eigenvalue weighted by atomic mass is 35.5. The fourth-order valence-electron chi connectivity index (χ4n) is 1.01. The first-order chi connectivity index (χ1) is 6.00. The van der Waals surface area contributed by atoms with Crippen LogP contribution in [0.2, 0.25) is 5.02 Å². The largest absolute Gasteiger partial charge is 0.491 e. The molecule has 0 aliphatic heterocycles. The van der Waals surface area contributed by atoms with Crippen LogP contribution in [0, 0.1) is 12.7 Å². The number of ether oxygens (including phenoxy) is 1. The third kappa shape index (κ3) is 2.59. The topological polar surface area (TPSA) is 9.23 Å². The highest BCUT2D eigenvalue weighted by Crippen LogP contribution is 2.25. The van der Waals surface area contributed by atoms with Crippen LogP contribution in [0.1, 0.15) is 19.4 Å². The van der Waals surface area contributed by atoms with Crippen LogP contribution in [0.5, 0.6) is 5.75 Å². The Morgan fingerprint density at radius 1 is 1.38 bits per heavy atom. The van der Waals surface area contributed by atoms with Gasteiger partial charge in [-0.15, -0.1) is 0 Å². The van der Waals surface area contributed by atoms with Crippen molar-refractivity contribution in [2.75, 3.05) is 0 Å². The third-order valence-electron chi connectivity index (χ3n) is 1.58. The van der Waals surface area contributed by atoms with Crippen LogP contribution in [0.4, 0.5) is 4.39 Å². The van der Waals surface area contributed by atoms with E-state index in [-0.39, 0.29) is 11.1 Å². The molecule has 1 aromatic carbocycles. The summed E-state index contributed by atoms with van der Waals surface area (Å²) >= 11 is 5.59. The molecular formula is C10H12ClFO. The summed E-state index contributed by atoms with van der Waals surface area (Å²) in [5, 5.41) is 0.133. The van der Waals surface area contributed by atoms with Gasteiger partial charge in [0.15, 0.2) is 0 Å². The van der Waals surface area contributed by atoms with Crippen molar-refractivity contribution in [1.82, 2.24) is 0 Å². The first-order valence-electron chi connectivity index (χ1n) is 4.13. The zero-order valence-electron chi connectivity index (χ0n) is 7.90. The Bertz CT molecular complexity index is 310. The number of aryl methyl sites for hydroxylation is 1. The summed E-state index contributed by atoms with van der Waals surface area (Å²) in [6.45, 7) is 5.63. The molecule has 0 radical (unpaired) electrons. The first-order valence-corrected chi connectivity index (χ1v) is 4.51. The molecule has 0 amide bonds. The van der Waals surface area contributed by atoms with Gasteiger partial charge in [0, 0.05) is 6.07 Å². The molecule has 0 spiro atoms. The molecule has 0 unspecified atom stereocenters. The predicted molar refractivity (Wildman–Crippen MR) is 51.9 cm³/mol. The van der Waals surface area contributed by atoms with Crippen LogP contribution in [-0.4, -0.2) is 6.10 Å². The van der Waals surface area contributed by atoms with E-state index in [1.807, 2.05) is 20.8 Å². The van der Waals surface area contributed by atoms with E-state index in [0.717, 1.165) is 5.56 Å². The van der Waals surface area contributed by atoms with Crippen LogP contribution in [0.3, 0.4) is 0 Å². The minimum Gasteiger partial charge on any atom is -0.491 e. The van der Waals surface area contributed by atoms with E-state index < -0.39 is 5.82 Å². The number of halogens is 2. The average molecular weight is 203 g/mol. The van der Waals surface area contributed by atoms with Crippen molar-refractivity contribution in [2.45, 2.75) is 26.9 Å². The zero-order valence-corrected chi connectivity index (χ0v) is 8.65. The van der Waals surface area contributed by atoms with Gasteiger partial charge in [-0.1, -0.05) is 11.6 Å². The maximum Gasteiger partial charge on any atom is 0.145 e. The lowest BCUT2D eigenvalue weighted by molar-refractivity contribution is 0.239. The Labute approximate surface area is 82.5 Å². The molecule has 0 bridgehead atoms. The Morgan fingerprint density at radius 2 is 2.00 bits per heavy atom. The van der Waals surface area contributed by atoms with Crippen molar-refractivity contribution in [3.8, 4) is 5.75 Å². The minimum absolute atomic E-state index is 0.0410. The van der Waals surface area contributed by atoms with Gasteiger partial charge in [0.05, 0.1) is 11.1 Å². The first kappa shape index (κ1) is 10.3. The minimum atomic E-state index is -0.442. The van der Waals surface area contributed by atoms with Crippen molar-refractivity contribution >= 4 is 11.6 Å². The van der Waals surface area contributed by atoms with Crippen LogP contribution in [0.15, 0.2) is 12.1 Å². The van der Waals surface area contributed by atoms with Gasteiger partial charge >= 0.3 is 0 Å². The highest BCUT2D eigenvalue weighted by molar-refractivity contribution is 6.30. The third-order valence-corrected chi connectivity index (χ3v) is 1.87. The molecule has 0 saturated heterocycles. The van der Waals surface area contributed by atoms with Crippen molar-refractivity contribution in [3.05, 3.63) is 28.5 Å². The van der Waals surface area contributed by atoms with Crippen molar-refractivity contribution in [1.29, 1.82) is 0 Å². The monoisotopic (exact) mass is 202 g/mol. The average Bonchev–Trinajstić information content (AvgIpc) is 1.99. The second-order valence-electron chi connectivity index (χ2n) is 3.20. The molecule has 0 aliphatic carbocycles. The lowest BCUT2D eigenvalue weighted by Gasteiger charge is -2.12. The predicted octanol–water partition coefficient (Wildman–Crippen LogP) is 3.57. The summed E-state index contributed by atoms with van der Waals surface area (Å²) in [5.41, 5.74) is 0.847. The SMILES string of the molecule is Cc1cc(Cl)c(F)cc1OC(C)C. The summed E-state index contributed by atoms with van der Waals surface area (Å²) in [4.78, 5) is 0. The quantitative estimate of drug-likeness (QED) is 0.713. The standard InChI is InChI=1S/C10H12ClFO/c1-6(2)13-10-5-9(12)8(11)4-7(10)3/h4-6H,1-3H3. The van der Waals surface area contributed by atoms with Gasteiger partial charge in [0.1, 0.15) is 11.6 Å². The van der Waals surface area contributed by atoms with Crippen molar-refractivity contribution in [2.24, 2.45) is 0 Å². The second kappa shape index (κ2) is 3.97. The number of hydrogen-bond donors (Lipinski definition) is 0. The summed E-state index contributed by atoms with van der Waals surface area (Å²) in [5.74, 6) is 0.111. The molecule has 1 nitrogen and oxygen atoms in total. The van der Waals surface area contributed by atoms with Crippen LogP contribution < -0.4 is 4.74 Å². The Morgan fingerprint density at radius 3 is 2.54 bits per heavy atom. The Balaban J connectivity index is 3.01. The molecule has 3 heteroatoms. The Hall–Kier alpha value is -0.760. The summed E-state index contributed by atoms with van der Waals surface area (Å²) < 4.78 is 18.4. The smallest absolute Gasteiger partial charge is 0.145 e. The molecule has 1 aromatic rings.